The molecule has 27 heavy (non-hydrogen) atoms. The molecule has 4 rings (SSSR count). The molecule has 0 bridgehead atoms. The first-order chi connectivity index (χ1) is 13.2. The molecule has 0 aliphatic heterocycles. The minimum Gasteiger partial charge on any atom is -0.367 e. The molecule has 0 amide bonds. The number of nitrogens with one attached hydrogen (secondary N) is 3. The van der Waals surface area contributed by atoms with Gasteiger partial charge in [-0.3, -0.25) is 10.1 Å². The predicted octanol–water partition coefficient (Wildman–Crippen LogP) is 4.29. The number of anilines is 3. The van der Waals surface area contributed by atoms with E-state index in [0.717, 1.165) is 53.9 Å². The summed E-state index contributed by atoms with van der Waals surface area (Å²) in [6.07, 6.45) is 6.76. The molecule has 3 heterocycles. The van der Waals surface area contributed by atoms with Crippen molar-refractivity contribution in [2.75, 3.05) is 10.6 Å². The zero-order chi connectivity index (χ0) is 18.6. The van der Waals surface area contributed by atoms with Crippen LogP contribution in [-0.4, -0.2) is 26.2 Å². The summed E-state index contributed by atoms with van der Waals surface area (Å²) in [5, 5.41) is 23.9. The Bertz CT molecular complexity index is 964. The maximum atomic E-state index is 8.89. The van der Waals surface area contributed by atoms with Crippen LogP contribution in [0.2, 0.25) is 0 Å². The fourth-order valence-electron chi connectivity index (χ4n) is 3.70. The molecule has 0 saturated heterocycles. The molecule has 0 unspecified atom stereocenters. The van der Waals surface area contributed by atoms with Gasteiger partial charge >= 0.3 is 0 Å². The maximum absolute atomic E-state index is 8.89. The van der Waals surface area contributed by atoms with Crippen molar-refractivity contribution in [2.24, 2.45) is 5.92 Å². The van der Waals surface area contributed by atoms with Crippen LogP contribution in [0.4, 0.5) is 17.5 Å². The number of aromatic amines is 1. The van der Waals surface area contributed by atoms with E-state index in [1.807, 2.05) is 31.2 Å². The fraction of sp³-hybridized carbons (Fsp3) is 0.400. The molecule has 7 heteroatoms. The number of hydrogen-bond acceptors (Lipinski definition) is 6. The van der Waals surface area contributed by atoms with Gasteiger partial charge in [-0.05, 0) is 50.7 Å². The van der Waals surface area contributed by atoms with Gasteiger partial charge in [-0.1, -0.05) is 0 Å². The Morgan fingerprint density at radius 3 is 2.81 bits per heavy atom. The van der Waals surface area contributed by atoms with E-state index >= 15 is 0 Å². The Balaban J connectivity index is 1.56. The average molecular weight is 361 g/mol. The van der Waals surface area contributed by atoms with Gasteiger partial charge in [0.15, 0.2) is 5.82 Å². The molecule has 0 atom stereocenters. The normalized spacial score (nSPS) is 19.6. The third kappa shape index (κ3) is 4.00. The molecule has 1 aliphatic rings. The zero-order valence-corrected chi connectivity index (χ0v) is 15.4. The summed E-state index contributed by atoms with van der Waals surface area (Å²) in [7, 11) is 0. The third-order valence-corrected chi connectivity index (χ3v) is 5.13. The van der Waals surface area contributed by atoms with Crippen LogP contribution in [0.25, 0.3) is 10.9 Å². The number of rotatable bonds is 5. The minimum atomic E-state index is 0.374. The molecule has 1 fully saturated rings. The summed E-state index contributed by atoms with van der Waals surface area (Å²) in [4.78, 5) is 9.28. The van der Waals surface area contributed by atoms with Crippen molar-refractivity contribution in [2.45, 2.75) is 45.1 Å². The number of H-pyrrole nitrogens is 1. The average Bonchev–Trinajstić information content (AvgIpc) is 3.08. The SMILES string of the molecule is Cc1cc(Nc2cc3ncccc3c(NC3CCC(CC#N)CC3)n2)n[nH]1. The van der Waals surface area contributed by atoms with E-state index in [0.29, 0.717) is 24.2 Å². The van der Waals surface area contributed by atoms with Crippen LogP contribution in [0, 0.1) is 24.2 Å². The van der Waals surface area contributed by atoms with Crippen LogP contribution < -0.4 is 10.6 Å². The standard InChI is InChI=1S/C20H23N7/c1-13-11-19(27-26-13)24-18-12-17-16(3-2-10-22-17)20(25-18)23-15-6-4-14(5-7-15)8-9-21/h2-3,10-12,14-15H,4-8H2,1H3,(H3,23,24,25,26,27). The first-order valence-corrected chi connectivity index (χ1v) is 9.39. The zero-order valence-electron chi connectivity index (χ0n) is 15.4. The number of nitrogens with zero attached hydrogens (tertiary/aromatic N) is 4. The van der Waals surface area contributed by atoms with E-state index in [1.165, 1.54) is 0 Å². The van der Waals surface area contributed by atoms with Crippen LogP contribution in [0.3, 0.4) is 0 Å². The molecule has 0 radical (unpaired) electrons. The van der Waals surface area contributed by atoms with Gasteiger partial charge in [-0.25, -0.2) is 4.98 Å². The van der Waals surface area contributed by atoms with E-state index in [1.54, 1.807) is 6.20 Å². The smallest absolute Gasteiger partial charge is 0.153 e. The highest BCUT2D eigenvalue weighted by atomic mass is 15.2. The summed E-state index contributed by atoms with van der Waals surface area (Å²) in [5.74, 6) is 2.83. The van der Waals surface area contributed by atoms with Crippen LogP contribution in [0.1, 0.15) is 37.8 Å². The van der Waals surface area contributed by atoms with E-state index < -0.39 is 0 Å². The number of aromatic nitrogens is 4. The second kappa shape index (κ2) is 7.62. The number of pyridine rings is 2. The van der Waals surface area contributed by atoms with Gasteiger partial charge in [-0.15, -0.1) is 0 Å². The lowest BCUT2D eigenvalue weighted by Crippen LogP contribution is -2.26. The molecule has 3 aromatic rings. The molecular formula is C20H23N7. The van der Waals surface area contributed by atoms with E-state index in [9.17, 15) is 0 Å². The highest BCUT2D eigenvalue weighted by Crippen LogP contribution is 2.31. The van der Waals surface area contributed by atoms with Gasteiger partial charge in [-0.2, -0.15) is 10.4 Å². The molecule has 1 saturated carbocycles. The van der Waals surface area contributed by atoms with Crippen molar-refractivity contribution >= 4 is 28.4 Å². The van der Waals surface area contributed by atoms with Crippen LogP contribution >= 0.6 is 0 Å². The van der Waals surface area contributed by atoms with Crippen molar-refractivity contribution in [1.82, 2.24) is 20.2 Å². The molecule has 7 nitrogen and oxygen atoms in total. The predicted molar refractivity (Wildman–Crippen MR) is 106 cm³/mol. The largest absolute Gasteiger partial charge is 0.367 e. The minimum absolute atomic E-state index is 0.374. The van der Waals surface area contributed by atoms with Crippen LogP contribution in [0.5, 0.6) is 0 Å². The van der Waals surface area contributed by atoms with Gasteiger partial charge < -0.3 is 10.6 Å². The monoisotopic (exact) mass is 361 g/mol. The van der Waals surface area contributed by atoms with Crippen LogP contribution in [0.15, 0.2) is 30.5 Å². The lowest BCUT2D eigenvalue weighted by atomic mass is 9.84. The summed E-state index contributed by atoms with van der Waals surface area (Å²) in [6.45, 7) is 1.96. The third-order valence-electron chi connectivity index (χ3n) is 5.13. The molecule has 3 aromatic heterocycles. The molecule has 0 spiro atoms. The maximum Gasteiger partial charge on any atom is 0.153 e. The van der Waals surface area contributed by atoms with E-state index in [-0.39, 0.29) is 0 Å². The Kier molecular flexibility index (Phi) is 4.88. The number of hydrogen-bond donors (Lipinski definition) is 3. The van der Waals surface area contributed by atoms with Gasteiger partial charge in [0.2, 0.25) is 0 Å². The van der Waals surface area contributed by atoms with Crippen LogP contribution in [-0.2, 0) is 0 Å². The highest BCUT2D eigenvalue weighted by molar-refractivity contribution is 5.91. The van der Waals surface area contributed by atoms with Crippen molar-refractivity contribution in [3.05, 3.63) is 36.2 Å². The summed E-state index contributed by atoms with van der Waals surface area (Å²) in [5.41, 5.74) is 1.88. The molecule has 138 valence electrons. The molecular weight excluding hydrogens is 338 g/mol. The Morgan fingerprint density at radius 1 is 1.22 bits per heavy atom. The van der Waals surface area contributed by atoms with Crippen molar-refractivity contribution in [3.8, 4) is 6.07 Å². The van der Waals surface area contributed by atoms with E-state index in [4.69, 9.17) is 10.2 Å². The molecule has 1 aliphatic carbocycles. The number of aryl methyl sites for hydroxylation is 1. The van der Waals surface area contributed by atoms with Crippen molar-refractivity contribution in [3.63, 3.8) is 0 Å². The summed E-state index contributed by atoms with van der Waals surface area (Å²) < 4.78 is 0. The van der Waals surface area contributed by atoms with Crippen molar-refractivity contribution in [1.29, 1.82) is 5.26 Å². The van der Waals surface area contributed by atoms with Gasteiger partial charge in [0.05, 0.1) is 11.6 Å². The lowest BCUT2D eigenvalue weighted by Gasteiger charge is -2.28. The Labute approximate surface area is 158 Å². The van der Waals surface area contributed by atoms with Gasteiger partial charge in [0.1, 0.15) is 11.6 Å². The van der Waals surface area contributed by atoms with Crippen molar-refractivity contribution < 1.29 is 0 Å². The Hall–Kier alpha value is -3.14. The molecule has 3 N–H and O–H groups in total. The second-order valence-corrected chi connectivity index (χ2v) is 7.21. The summed E-state index contributed by atoms with van der Waals surface area (Å²) in [6, 6.07) is 10.5. The number of fused-ring (bicyclic) bond motifs is 1. The Morgan fingerprint density at radius 2 is 2.07 bits per heavy atom. The topological polar surface area (TPSA) is 102 Å². The quantitative estimate of drug-likeness (QED) is 0.626. The van der Waals surface area contributed by atoms with Gasteiger partial charge in [0.25, 0.3) is 0 Å². The van der Waals surface area contributed by atoms with Gasteiger partial charge in [0, 0.05) is 41.9 Å². The first kappa shape index (κ1) is 17.3. The number of nitriles is 1. The second-order valence-electron chi connectivity index (χ2n) is 7.21. The molecule has 0 aromatic carbocycles. The lowest BCUT2D eigenvalue weighted by molar-refractivity contribution is 0.342. The fourth-order valence-corrected chi connectivity index (χ4v) is 3.70. The van der Waals surface area contributed by atoms with E-state index in [2.05, 4.69) is 31.9 Å². The first-order valence-electron chi connectivity index (χ1n) is 9.39. The summed E-state index contributed by atoms with van der Waals surface area (Å²) >= 11 is 0. The highest BCUT2D eigenvalue weighted by Gasteiger charge is 2.22.